The van der Waals surface area contributed by atoms with Crippen LogP contribution in [-0.2, 0) is 0 Å². The SMILES string of the molecule is Cc1ccc(-c2nc(C(=O)Nc3ccc(N4CC[C@H]5CN(C)C[C@H]54)cc3)cs2)cc1. The molecule has 0 aliphatic carbocycles. The lowest BCUT2D eigenvalue weighted by atomic mass is 10.0. The summed E-state index contributed by atoms with van der Waals surface area (Å²) in [4.78, 5) is 22.1. The van der Waals surface area contributed by atoms with Crippen LogP contribution in [0.2, 0.25) is 0 Å². The third-order valence-corrected chi connectivity index (χ3v) is 7.11. The van der Waals surface area contributed by atoms with E-state index in [1.807, 2.05) is 29.6 Å². The number of amides is 1. The number of carbonyl (C=O) groups excluding carboxylic acids is 1. The molecule has 1 amide bonds. The maximum atomic E-state index is 12.7. The Balaban J connectivity index is 1.25. The lowest BCUT2D eigenvalue weighted by Crippen LogP contribution is -2.34. The zero-order chi connectivity index (χ0) is 20.7. The summed E-state index contributed by atoms with van der Waals surface area (Å²) in [5, 5.41) is 5.66. The summed E-state index contributed by atoms with van der Waals surface area (Å²) in [6, 6.07) is 17.0. The molecule has 2 fully saturated rings. The molecule has 0 spiro atoms. The van der Waals surface area contributed by atoms with Crippen molar-refractivity contribution in [1.29, 1.82) is 0 Å². The molecular weight excluding hydrogens is 392 g/mol. The van der Waals surface area contributed by atoms with E-state index < -0.39 is 0 Å². The molecule has 0 radical (unpaired) electrons. The number of thiazole rings is 1. The number of likely N-dealkylation sites (N-methyl/N-ethyl adjacent to an activating group) is 1. The second-order valence-corrected chi connectivity index (χ2v) is 9.29. The van der Waals surface area contributed by atoms with Gasteiger partial charge in [-0.1, -0.05) is 29.8 Å². The van der Waals surface area contributed by atoms with E-state index in [0.29, 0.717) is 11.7 Å². The Morgan fingerprint density at radius 3 is 2.63 bits per heavy atom. The molecule has 2 saturated heterocycles. The first-order valence-corrected chi connectivity index (χ1v) is 11.3. The predicted octanol–water partition coefficient (Wildman–Crippen LogP) is 4.51. The van der Waals surface area contributed by atoms with Crippen LogP contribution in [0.1, 0.15) is 22.5 Å². The van der Waals surface area contributed by atoms with Crippen LogP contribution >= 0.6 is 11.3 Å². The van der Waals surface area contributed by atoms with Crippen LogP contribution in [-0.4, -0.2) is 48.5 Å². The molecule has 1 aromatic heterocycles. The van der Waals surface area contributed by atoms with E-state index in [9.17, 15) is 4.79 Å². The Labute approximate surface area is 181 Å². The highest BCUT2D eigenvalue weighted by molar-refractivity contribution is 7.13. The van der Waals surface area contributed by atoms with Gasteiger partial charge in [-0.15, -0.1) is 11.3 Å². The molecule has 5 nitrogen and oxygen atoms in total. The van der Waals surface area contributed by atoms with Crippen molar-refractivity contribution in [3.8, 4) is 10.6 Å². The summed E-state index contributed by atoms with van der Waals surface area (Å²) in [5.41, 5.74) is 4.74. The van der Waals surface area contributed by atoms with E-state index >= 15 is 0 Å². The van der Waals surface area contributed by atoms with Gasteiger partial charge in [-0.25, -0.2) is 4.98 Å². The molecule has 2 atom stereocenters. The number of likely N-dealkylation sites (tertiary alicyclic amines) is 1. The second kappa shape index (κ2) is 7.85. The molecule has 5 rings (SSSR count). The highest BCUT2D eigenvalue weighted by Gasteiger charge is 2.39. The lowest BCUT2D eigenvalue weighted by molar-refractivity contribution is 0.102. The number of anilines is 2. The van der Waals surface area contributed by atoms with Gasteiger partial charge < -0.3 is 15.1 Å². The van der Waals surface area contributed by atoms with Crippen LogP contribution in [0.5, 0.6) is 0 Å². The van der Waals surface area contributed by atoms with E-state index in [1.165, 1.54) is 35.6 Å². The van der Waals surface area contributed by atoms with Gasteiger partial charge >= 0.3 is 0 Å². The van der Waals surface area contributed by atoms with Gasteiger partial charge in [-0.2, -0.15) is 0 Å². The maximum Gasteiger partial charge on any atom is 0.275 e. The summed E-state index contributed by atoms with van der Waals surface area (Å²) in [5.74, 6) is 0.609. The summed E-state index contributed by atoms with van der Waals surface area (Å²) in [6.07, 6.45) is 1.26. The number of carbonyl (C=O) groups is 1. The minimum Gasteiger partial charge on any atom is -0.367 e. The van der Waals surface area contributed by atoms with Crippen molar-refractivity contribution in [2.24, 2.45) is 5.92 Å². The van der Waals surface area contributed by atoms with Crippen molar-refractivity contribution < 1.29 is 4.79 Å². The highest BCUT2D eigenvalue weighted by atomic mass is 32.1. The summed E-state index contributed by atoms with van der Waals surface area (Å²) in [6.45, 7) is 5.52. The molecule has 2 aliphatic rings. The average molecular weight is 419 g/mol. The van der Waals surface area contributed by atoms with Crippen molar-refractivity contribution in [3.05, 3.63) is 65.2 Å². The summed E-state index contributed by atoms with van der Waals surface area (Å²) in [7, 11) is 2.21. The zero-order valence-corrected chi connectivity index (χ0v) is 18.2. The standard InChI is InChI=1S/C24H26N4OS/c1-16-3-5-17(6-4-16)24-26-21(15-30-24)23(29)25-19-7-9-20(10-8-19)28-12-11-18-13-27(2)14-22(18)28/h3-10,15,18,22H,11-14H2,1-2H3,(H,25,29)/t18-,22+/m0/s1. The Bertz CT molecular complexity index is 1040. The van der Waals surface area contributed by atoms with Crippen LogP contribution < -0.4 is 10.2 Å². The summed E-state index contributed by atoms with van der Waals surface area (Å²) >= 11 is 1.49. The van der Waals surface area contributed by atoms with E-state index in [2.05, 4.69) is 58.3 Å². The number of nitrogens with one attached hydrogen (secondary N) is 1. The minimum absolute atomic E-state index is 0.170. The molecule has 3 heterocycles. The first-order chi connectivity index (χ1) is 14.6. The number of aryl methyl sites for hydroxylation is 1. The van der Waals surface area contributed by atoms with E-state index in [-0.39, 0.29) is 5.91 Å². The van der Waals surface area contributed by atoms with Crippen molar-refractivity contribution in [1.82, 2.24) is 9.88 Å². The van der Waals surface area contributed by atoms with Crippen LogP contribution in [0.25, 0.3) is 10.6 Å². The predicted molar refractivity (Wildman–Crippen MR) is 123 cm³/mol. The molecular formula is C24H26N4OS. The Kier molecular flexibility index (Phi) is 5.05. The van der Waals surface area contributed by atoms with E-state index in [1.54, 1.807) is 0 Å². The molecule has 6 heteroatoms. The van der Waals surface area contributed by atoms with Crippen LogP contribution in [0.15, 0.2) is 53.9 Å². The van der Waals surface area contributed by atoms with Gasteiger partial charge in [0.1, 0.15) is 10.7 Å². The number of hydrogen-bond acceptors (Lipinski definition) is 5. The third kappa shape index (κ3) is 3.73. The topological polar surface area (TPSA) is 48.5 Å². The number of benzene rings is 2. The van der Waals surface area contributed by atoms with E-state index in [0.717, 1.165) is 35.3 Å². The van der Waals surface area contributed by atoms with Crippen LogP contribution in [0, 0.1) is 12.8 Å². The number of hydrogen-bond donors (Lipinski definition) is 1. The molecule has 154 valence electrons. The Morgan fingerprint density at radius 2 is 1.87 bits per heavy atom. The minimum atomic E-state index is -0.170. The molecule has 2 aromatic carbocycles. The maximum absolute atomic E-state index is 12.7. The third-order valence-electron chi connectivity index (χ3n) is 6.22. The zero-order valence-electron chi connectivity index (χ0n) is 17.3. The highest BCUT2D eigenvalue weighted by Crippen LogP contribution is 2.35. The van der Waals surface area contributed by atoms with Gasteiger partial charge in [-0.05, 0) is 50.6 Å². The average Bonchev–Trinajstić information content (AvgIpc) is 3.45. The van der Waals surface area contributed by atoms with Gasteiger partial charge in [-0.3, -0.25) is 4.79 Å². The summed E-state index contributed by atoms with van der Waals surface area (Å²) < 4.78 is 0. The van der Waals surface area contributed by atoms with Crippen molar-refractivity contribution >= 4 is 28.6 Å². The molecule has 0 unspecified atom stereocenters. The van der Waals surface area contributed by atoms with Crippen molar-refractivity contribution in [3.63, 3.8) is 0 Å². The normalized spacial score (nSPS) is 21.1. The van der Waals surface area contributed by atoms with Crippen LogP contribution in [0.3, 0.4) is 0 Å². The van der Waals surface area contributed by atoms with Gasteiger partial charge in [0.05, 0.1) is 0 Å². The fraction of sp³-hybridized carbons (Fsp3) is 0.333. The number of rotatable bonds is 4. The quantitative estimate of drug-likeness (QED) is 0.677. The molecule has 2 aliphatic heterocycles. The van der Waals surface area contributed by atoms with Crippen LogP contribution in [0.4, 0.5) is 11.4 Å². The van der Waals surface area contributed by atoms with Gasteiger partial charge in [0.25, 0.3) is 5.91 Å². The number of fused-ring (bicyclic) bond motifs is 1. The largest absolute Gasteiger partial charge is 0.367 e. The van der Waals surface area contributed by atoms with Crippen molar-refractivity contribution in [2.75, 3.05) is 36.9 Å². The Morgan fingerprint density at radius 1 is 1.10 bits per heavy atom. The number of nitrogens with zero attached hydrogens (tertiary/aromatic N) is 3. The first-order valence-electron chi connectivity index (χ1n) is 10.5. The fourth-order valence-electron chi connectivity index (χ4n) is 4.63. The number of aromatic nitrogens is 1. The molecule has 1 N–H and O–H groups in total. The molecule has 30 heavy (non-hydrogen) atoms. The van der Waals surface area contributed by atoms with Gasteiger partial charge in [0.2, 0.25) is 0 Å². The van der Waals surface area contributed by atoms with Gasteiger partial charge in [0, 0.05) is 48.0 Å². The Hall–Kier alpha value is -2.70. The monoisotopic (exact) mass is 418 g/mol. The fourth-order valence-corrected chi connectivity index (χ4v) is 5.44. The molecule has 3 aromatic rings. The van der Waals surface area contributed by atoms with E-state index in [4.69, 9.17) is 0 Å². The van der Waals surface area contributed by atoms with Gasteiger partial charge in [0.15, 0.2) is 0 Å². The lowest BCUT2D eigenvalue weighted by Gasteiger charge is -2.26. The van der Waals surface area contributed by atoms with Crippen molar-refractivity contribution in [2.45, 2.75) is 19.4 Å². The smallest absolute Gasteiger partial charge is 0.275 e. The molecule has 0 bridgehead atoms. The first kappa shape index (κ1) is 19.3. The second-order valence-electron chi connectivity index (χ2n) is 8.44. The molecule has 0 saturated carbocycles.